The first kappa shape index (κ1) is 20.4. The molecular weight excluding hydrogens is 401 g/mol. The minimum Gasteiger partial charge on any atom is -0.444 e. The molecule has 0 spiro atoms. The summed E-state index contributed by atoms with van der Waals surface area (Å²) in [7, 11) is 0. The third-order valence-electron chi connectivity index (χ3n) is 3.19. The van der Waals surface area contributed by atoms with Gasteiger partial charge >= 0.3 is 12.2 Å². The summed E-state index contributed by atoms with van der Waals surface area (Å²) in [5, 5.41) is 0. The predicted octanol–water partition coefficient (Wildman–Crippen LogP) is 5.33. The normalized spacial score (nSPS) is 10.9. The van der Waals surface area contributed by atoms with Crippen LogP contribution in [0.15, 0.2) is 60.7 Å². The number of nitrogens with zero attached hydrogens (tertiary/aromatic N) is 1. The molecule has 5 nitrogen and oxygen atoms in total. The minimum atomic E-state index is -1.78. The van der Waals surface area contributed by atoms with Crippen molar-refractivity contribution in [2.45, 2.75) is 16.9 Å². The molecule has 0 aliphatic heterocycles. The van der Waals surface area contributed by atoms with Crippen LogP contribution >= 0.6 is 34.8 Å². The lowest BCUT2D eigenvalue weighted by Gasteiger charge is -2.21. The Hall–Kier alpha value is -1.95. The topological polar surface area (TPSA) is 55.8 Å². The Balaban J connectivity index is 2.05. The second-order valence-electron chi connectivity index (χ2n) is 5.28. The fourth-order valence-electron chi connectivity index (χ4n) is 1.99. The maximum Gasteiger partial charge on any atom is 0.419 e. The largest absolute Gasteiger partial charge is 0.444 e. The van der Waals surface area contributed by atoms with E-state index in [1.807, 2.05) is 24.3 Å². The van der Waals surface area contributed by atoms with Crippen LogP contribution in [0, 0.1) is 0 Å². The van der Waals surface area contributed by atoms with Crippen molar-refractivity contribution in [3.8, 4) is 0 Å². The summed E-state index contributed by atoms with van der Waals surface area (Å²) < 4.78 is 8.33. The van der Waals surface area contributed by atoms with Crippen molar-refractivity contribution < 1.29 is 19.1 Å². The van der Waals surface area contributed by atoms with E-state index in [1.54, 1.807) is 36.4 Å². The molecule has 0 saturated carbocycles. The van der Waals surface area contributed by atoms with Gasteiger partial charge in [-0.3, -0.25) is 0 Å². The smallest absolute Gasteiger partial charge is 0.419 e. The molecule has 2 aromatic rings. The number of alkyl halides is 3. The quantitative estimate of drug-likeness (QED) is 0.618. The molecule has 0 saturated heterocycles. The zero-order chi connectivity index (χ0) is 19.0. The molecule has 0 N–H and O–H groups in total. The number of ether oxygens (including phenoxy) is 2. The summed E-state index contributed by atoms with van der Waals surface area (Å²) in [6, 6.07) is 18.0. The fourth-order valence-corrected chi connectivity index (χ4v) is 2.15. The van der Waals surface area contributed by atoms with Crippen LogP contribution in [0.3, 0.4) is 0 Å². The standard InChI is InChI=1S/C18H16Cl3NO4/c19-18(20,21)13-26-17(24)22(11-14-7-3-1-4-8-14)16(23)25-12-15-9-5-2-6-10-15/h1-10H,11-13H2. The number of amides is 2. The van der Waals surface area contributed by atoms with Gasteiger partial charge in [-0.1, -0.05) is 95.5 Å². The molecule has 0 fully saturated rings. The maximum atomic E-state index is 12.4. The highest BCUT2D eigenvalue weighted by atomic mass is 35.6. The number of carbonyl (C=O) groups is 2. The van der Waals surface area contributed by atoms with Gasteiger partial charge in [0.25, 0.3) is 0 Å². The molecular formula is C18H16Cl3NO4. The van der Waals surface area contributed by atoms with Crippen LogP contribution in [0.5, 0.6) is 0 Å². The van der Waals surface area contributed by atoms with Crippen LogP contribution < -0.4 is 0 Å². The van der Waals surface area contributed by atoms with E-state index < -0.39 is 22.6 Å². The van der Waals surface area contributed by atoms with Crippen LogP contribution in [-0.4, -0.2) is 27.5 Å². The Morgan fingerprint density at radius 3 is 1.85 bits per heavy atom. The molecule has 0 aliphatic rings. The third-order valence-corrected chi connectivity index (χ3v) is 3.52. The molecule has 0 bridgehead atoms. The van der Waals surface area contributed by atoms with Gasteiger partial charge in [-0.25, -0.2) is 14.5 Å². The highest BCUT2D eigenvalue weighted by Crippen LogP contribution is 2.26. The number of rotatable bonds is 5. The van der Waals surface area contributed by atoms with Gasteiger partial charge in [0.1, 0.15) is 13.2 Å². The van der Waals surface area contributed by atoms with Crippen LogP contribution in [-0.2, 0) is 22.6 Å². The molecule has 0 radical (unpaired) electrons. The van der Waals surface area contributed by atoms with Gasteiger partial charge in [0.15, 0.2) is 0 Å². The van der Waals surface area contributed by atoms with Gasteiger partial charge in [0.05, 0.1) is 6.54 Å². The zero-order valence-corrected chi connectivity index (χ0v) is 15.9. The molecule has 0 unspecified atom stereocenters. The highest BCUT2D eigenvalue weighted by molar-refractivity contribution is 6.67. The number of imide groups is 1. The lowest BCUT2D eigenvalue weighted by atomic mass is 10.2. The van der Waals surface area contributed by atoms with E-state index >= 15 is 0 Å². The molecule has 2 amide bonds. The van der Waals surface area contributed by atoms with Crippen molar-refractivity contribution in [1.82, 2.24) is 4.90 Å². The van der Waals surface area contributed by atoms with Crippen molar-refractivity contribution in [1.29, 1.82) is 0 Å². The van der Waals surface area contributed by atoms with E-state index in [0.717, 1.165) is 16.0 Å². The number of benzene rings is 2. The van der Waals surface area contributed by atoms with Crippen molar-refractivity contribution in [3.05, 3.63) is 71.8 Å². The van der Waals surface area contributed by atoms with Gasteiger partial charge in [0.2, 0.25) is 3.79 Å². The van der Waals surface area contributed by atoms with Gasteiger partial charge in [-0.2, -0.15) is 0 Å². The molecule has 2 rings (SSSR count). The monoisotopic (exact) mass is 415 g/mol. The second kappa shape index (κ2) is 9.67. The zero-order valence-electron chi connectivity index (χ0n) is 13.6. The molecule has 0 atom stereocenters. The second-order valence-corrected chi connectivity index (χ2v) is 7.80. The maximum absolute atomic E-state index is 12.4. The Morgan fingerprint density at radius 1 is 0.808 bits per heavy atom. The minimum absolute atomic E-state index is 0.0166. The average molecular weight is 417 g/mol. The van der Waals surface area contributed by atoms with E-state index in [4.69, 9.17) is 44.3 Å². The van der Waals surface area contributed by atoms with Gasteiger partial charge < -0.3 is 9.47 Å². The van der Waals surface area contributed by atoms with Crippen molar-refractivity contribution in [3.63, 3.8) is 0 Å². The lowest BCUT2D eigenvalue weighted by Crippen LogP contribution is -2.38. The molecule has 2 aromatic carbocycles. The van der Waals surface area contributed by atoms with Crippen molar-refractivity contribution in [2.24, 2.45) is 0 Å². The predicted molar refractivity (Wildman–Crippen MR) is 100 cm³/mol. The van der Waals surface area contributed by atoms with E-state index in [9.17, 15) is 9.59 Å². The Bertz CT molecular complexity index is 720. The number of carbonyl (C=O) groups excluding carboxylic acids is 2. The van der Waals surface area contributed by atoms with Gasteiger partial charge in [0, 0.05) is 0 Å². The van der Waals surface area contributed by atoms with E-state index in [2.05, 4.69) is 0 Å². The number of hydrogen-bond acceptors (Lipinski definition) is 4. The molecule has 8 heteroatoms. The van der Waals surface area contributed by atoms with Gasteiger partial charge in [-0.15, -0.1) is 0 Å². The summed E-state index contributed by atoms with van der Waals surface area (Å²) in [5.41, 5.74) is 1.50. The number of hydrogen-bond donors (Lipinski definition) is 0. The first-order valence-corrected chi connectivity index (χ1v) is 8.74. The van der Waals surface area contributed by atoms with Gasteiger partial charge in [-0.05, 0) is 11.1 Å². The lowest BCUT2D eigenvalue weighted by molar-refractivity contribution is 0.0715. The van der Waals surface area contributed by atoms with Crippen LogP contribution in [0.4, 0.5) is 9.59 Å². The molecule has 0 aromatic heterocycles. The summed E-state index contributed by atoms with van der Waals surface area (Å²) in [6.07, 6.45) is -1.81. The SMILES string of the molecule is O=C(OCc1ccccc1)N(Cc1ccccc1)C(=O)OCC(Cl)(Cl)Cl. The summed E-state index contributed by atoms with van der Waals surface area (Å²) in [5.74, 6) is 0. The van der Waals surface area contributed by atoms with Crippen molar-refractivity contribution >= 4 is 47.0 Å². The molecule has 26 heavy (non-hydrogen) atoms. The molecule has 0 heterocycles. The summed E-state index contributed by atoms with van der Waals surface area (Å²) in [4.78, 5) is 25.5. The van der Waals surface area contributed by atoms with Crippen LogP contribution in [0.1, 0.15) is 11.1 Å². The number of halogens is 3. The Morgan fingerprint density at radius 2 is 1.31 bits per heavy atom. The van der Waals surface area contributed by atoms with Crippen LogP contribution in [0.2, 0.25) is 0 Å². The first-order chi connectivity index (χ1) is 12.3. The summed E-state index contributed by atoms with van der Waals surface area (Å²) in [6.45, 7) is -0.510. The fraction of sp³-hybridized carbons (Fsp3) is 0.222. The van der Waals surface area contributed by atoms with Crippen molar-refractivity contribution in [2.75, 3.05) is 6.61 Å². The first-order valence-electron chi connectivity index (χ1n) is 7.61. The van der Waals surface area contributed by atoms with E-state index in [1.165, 1.54) is 0 Å². The molecule has 138 valence electrons. The third kappa shape index (κ3) is 7.12. The Kier molecular flexibility index (Phi) is 7.57. The van der Waals surface area contributed by atoms with E-state index in [-0.39, 0.29) is 13.2 Å². The van der Waals surface area contributed by atoms with Crippen LogP contribution in [0.25, 0.3) is 0 Å². The highest BCUT2D eigenvalue weighted by Gasteiger charge is 2.29. The Labute approximate surface area is 166 Å². The molecule has 0 aliphatic carbocycles. The van der Waals surface area contributed by atoms with E-state index in [0.29, 0.717) is 0 Å². The summed E-state index contributed by atoms with van der Waals surface area (Å²) >= 11 is 16.7. The average Bonchev–Trinajstić information content (AvgIpc) is 2.63.